The first kappa shape index (κ1) is 14.5. The van der Waals surface area contributed by atoms with Crippen LogP contribution in [0, 0.1) is 0 Å². The summed E-state index contributed by atoms with van der Waals surface area (Å²) in [7, 11) is 1.68. The van der Waals surface area contributed by atoms with Crippen LogP contribution in [0.25, 0.3) is 0 Å². The largest absolute Gasteiger partial charge is 0.493 e. The summed E-state index contributed by atoms with van der Waals surface area (Å²) in [5.74, 6) is 0.785. The van der Waals surface area contributed by atoms with Gasteiger partial charge in [-0.2, -0.15) is 5.10 Å². The Morgan fingerprint density at radius 2 is 2.14 bits per heavy atom. The Labute approximate surface area is 129 Å². The molecule has 5 heteroatoms. The Morgan fingerprint density at radius 3 is 2.81 bits per heavy atom. The third-order valence-corrected chi connectivity index (χ3v) is 5.31. The van der Waals surface area contributed by atoms with Crippen LogP contribution in [0.5, 0.6) is 5.75 Å². The number of methoxy groups -OCH3 is 1. The van der Waals surface area contributed by atoms with Crippen molar-refractivity contribution in [1.82, 2.24) is 9.78 Å². The lowest BCUT2D eigenvalue weighted by Crippen LogP contribution is -2.27. The minimum absolute atomic E-state index is 0.0951. The van der Waals surface area contributed by atoms with Gasteiger partial charge in [0.2, 0.25) is 0 Å². The first-order valence-electron chi connectivity index (χ1n) is 7.23. The minimum atomic E-state index is -0.0951. The number of hydrogen-bond donors (Lipinski definition) is 1. The number of ether oxygens (including phenoxy) is 1. The average Bonchev–Trinajstić information content (AvgIpc) is 3.09. The molecule has 3 rings (SSSR count). The van der Waals surface area contributed by atoms with E-state index < -0.39 is 0 Å². The van der Waals surface area contributed by atoms with Gasteiger partial charge in [-0.05, 0) is 31.9 Å². The predicted octanol–water partition coefficient (Wildman–Crippen LogP) is 3.19. The van der Waals surface area contributed by atoms with Gasteiger partial charge in [-0.15, -0.1) is 11.8 Å². The molecule has 1 aliphatic heterocycles. The quantitative estimate of drug-likeness (QED) is 0.942. The molecule has 112 valence electrons. The van der Waals surface area contributed by atoms with Crippen LogP contribution in [-0.4, -0.2) is 22.1 Å². The van der Waals surface area contributed by atoms with E-state index in [1.165, 1.54) is 10.5 Å². The van der Waals surface area contributed by atoms with E-state index in [4.69, 9.17) is 10.5 Å². The fourth-order valence-electron chi connectivity index (χ4n) is 2.83. The number of hydrogen-bond acceptors (Lipinski definition) is 4. The van der Waals surface area contributed by atoms with Crippen molar-refractivity contribution in [3.8, 4) is 5.75 Å². The first-order chi connectivity index (χ1) is 10.1. The third kappa shape index (κ3) is 2.56. The zero-order valence-electron chi connectivity index (χ0n) is 12.6. The van der Waals surface area contributed by atoms with Crippen molar-refractivity contribution in [2.75, 3.05) is 7.11 Å². The summed E-state index contributed by atoms with van der Waals surface area (Å²) in [6, 6.07) is 8.70. The van der Waals surface area contributed by atoms with E-state index in [1.54, 1.807) is 13.3 Å². The number of nitrogens with zero attached hydrogens (tertiary/aromatic N) is 2. The van der Waals surface area contributed by atoms with E-state index in [0.717, 1.165) is 17.9 Å². The summed E-state index contributed by atoms with van der Waals surface area (Å²) >= 11 is 1.86. The molecule has 0 spiro atoms. The van der Waals surface area contributed by atoms with E-state index >= 15 is 0 Å². The highest BCUT2D eigenvalue weighted by Crippen LogP contribution is 2.43. The van der Waals surface area contributed by atoms with E-state index in [2.05, 4.69) is 43.2 Å². The van der Waals surface area contributed by atoms with Crippen LogP contribution in [-0.2, 0) is 6.42 Å². The highest BCUT2D eigenvalue weighted by Gasteiger charge is 2.32. The maximum Gasteiger partial charge on any atom is 0.161 e. The number of thioether (sulfide) groups is 1. The van der Waals surface area contributed by atoms with Crippen molar-refractivity contribution < 1.29 is 4.74 Å². The maximum absolute atomic E-state index is 6.58. The van der Waals surface area contributed by atoms with Gasteiger partial charge in [0.25, 0.3) is 0 Å². The Balaban J connectivity index is 1.90. The van der Waals surface area contributed by atoms with Crippen molar-refractivity contribution in [3.05, 3.63) is 41.7 Å². The highest BCUT2D eigenvalue weighted by molar-refractivity contribution is 8.00. The number of aromatic nitrogens is 2. The molecule has 2 heterocycles. The van der Waals surface area contributed by atoms with Crippen LogP contribution >= 0.6 is 11.8 Å². The molecule has 1 aromatic heterocycles. The maximum atomic E-state index is 6.58. The van der Waals surface area contributed by atoms with Crippen LogP contribution in [0.15, 0.2) is 35.4 Å². The molecular formula is C16H21N3OS. The molecule has 0 saturated carbocycles. The summed E-state index contributed by atoms with van der Waals surface area (Å²) in [5.41, 5.74) is 8.96. The lowest BCUT2D eigenvalue weighted by molar-refractivity contribution is 0.395. The summed E-state index contributed by atoms with van der Waals surface area (Å²) in [6.45, 7) is 4.22. The Kier molecular flexibility index (Phi) is 3.95. The van der Waals surface area contributed by atoms with E-state index in [9.17, 15) is 0 Å². The zero-order valence-corrected chi connectivity index (χ0v) is 13.4. The van der Waals surface area contributed by atoms with Gasteiger partial charge >= 0.3 is 0 Å². The van der Waals surface area contributed by atoms with E-state index in [1.807, 2.05) is 16.4 Å². The number of nitrogens with two attached hydrogens (primary N) is 1. The summed E-state index contributed by atoms with van der Waals surface area (Å²) in [5, 5.41) is 4.76. The predicted molar refractivity (Wildman–Crippen MR) is 85.9 cm³/mol. The Bertz CT molecular complexity index is 613. The van der Waals surface area contributed by atoms with E-state index in [-0.39, 0.29) is 12.1 Å². The fraction of sp³-hybridized carbons (Fsp3) is 0.438. The summed E-state index contributed by atoms with van der Waals surface area (Å²) in [4.78, 5) is 1.34. The molecule has 2 N–H and O–H groups in total. The Morgan fingerprint density at radius 1 is 1.38 bits per heavy atom. The standard InChI is InChI=1S/C16H21N3OS/c1-10(2)19-16(12(20-3)9-18-19)15(17)14-8-11-6-4-5-7-13(11)21-14/h4-7,9-10,14-15H,8,17H2,1-3H3. The van der Waals surface area contributed by atoms with Crippen molar-refractivity contribution >= 4 is 11.8 Å². The summed E-state index contributed by atoms with van der Waals surface area (Å²) < 4.78 is 7.44. The van der Waals surface area contributed by atoms with Crippen molar-refractivity contribution in [2.45, 2.75) is 42.5 Å². The molecular weight excluding hydrogens is 282 g/mol. The van der Waals surface area contributed by atoms with Crippen molar-refractivity contribution in [3.63, 3.8) is 0 Å². The second-order valence-electron chi connectivity index (χ2n) is 5.63. The second-order valence-corrected chi connectivity index (χ2v) is 6.91. The molecule has 2 atom stereocenters. The van der Waals surface area contributed by atoms with Crippen LogP contribution in [0.4, 0.5) is 0 Å². The van der Waals surface area contributed by atoms with Gasteiger partial charge in [-0.3, -0.25) is 4.68 Å². The first-order valence-corrected chi connectivity index (χ1v) is 8.11. The van der Waals surface area contributed by atoms with Crippen LogP contribution in [0.1, 0.15) is 37.2 Å². The molecule has 0 radical (unpaired) electrons. The van der Waals surface area contributed by atoms with Crippen molar-refractivity contribution in [2.24, 2.45) is 5.73 Å². The molecule has 0 amide bonds. The van der Waals surface area contributed by atoms with Gasteiger partial charge in [0, 0.05) is 16.2 Å². The lowest BCUT2D eigenvalue weighted by Gasteiger charge is -2.22. The molecule has 2 aromatic rings. The number of benzene rings is 1. The average molecular weight is 303 g/mol. The normalized spacial score (nSPS) is 18.8. The zero-order chi connectivity index (χ0) is 15.0. The molecule has 1 aliphatic rings. The van der Waals surface area contributed by atoms with Gasteiger partial charge in [0.05, 0.1) is 25.0 Å². The SMILES string of the molecule is COc1cnn(C(C)C)c1C(N)C1Cc2ccccc2S1. The minimum Gasteiger partial charge on any atom is -0.493 e. The second kappa shape index (κ2) is 5.73. The highest BCUT2D eigenvalue weighted by atomic mass is 32.2. The monoisotopic (exact) mass is 303 g/mol. The van der Waals surface area contributed by atoms with E-state index in [0.29, 0.717) is 5.25 Å². The van der Waals surface area contributed by atoms with Gasteiger partial charge < -0.3 is 10.5 Å². The fourth-order valence-corrected chi connectivity index (χ4v) is 4.15. The molecule has 2 unspecified atom stereocenters. The van der Waals surface area contributed by atoms with Crippen LogP contribution in [0.2, 0.25) is 0 Å². The van der Waals surface area contributed by atoms with Gasteiger partial charge in [-0.1, -0.05) is 18.2 Å². The third-order valence-electron chi connectivity index (χ3n) is 3.90. The van der Waals surface area contributed by atoms with Gasteiger partial charge in [-0.25, -0.2) is 0 Å². The van der Waals surface area contributed by atoms with Gasteiger partial charge in [0.15, 0.2) is 5.75 Å². The lowest BCUT2D eigenvalue weighted by atomic mass is 10.0. The molecule has 0 saturated heterocycles. The number of rotatable bonds is 4. The van der Waals surface area contributed by atoms with Crippen LogP contribution < -0.4 is 10.5 Å². The summed E-state index contributed by atoms with van der Waals surface area (Å²) in [6.07, 6.45) is 2.76. The topological polar surface area (TPSA) is 53.1 Å². The van der Waals surface area contributed by atoms with Crippen molar-refractivity contribution in [1.29, 1.82) is 0 Å². The molecule has 21 heavy (non-hydrogen) atoms. The van der Waals surface area contributed by atoms with Crippen LogP contribution in [0.3, 0.4) is 0 Å². The molecule has 0 fully saturated rings. The van der Waals surface area contributed by atoms with Gasteiger partial charge in [0.1, 0.15) is 0 Å². The molecule has 0 aliphatic carbocycles. The molecule has 4 nitrogen and oxygen atoms in total. The molecule has 0 bridgehead atoms. The smallest absolute Gasteiger partial charge is 0.161 e. The Hall–Kier alpha value is -1.46. The number of fused-ring (bicyclic) bond motifs is 1. The molecule has 1 aromatic carbocycles.